The number of carbonyl (C=O) groups excluding carboxylic acids is 1. The predicted octanol–water partition coefficient (Wildman–Crippen LogP) is 2.72. The molecule has 4 heteroatoms. The maximum absolute atomic E-state index is 12.1. The van der Waals surface area contributed by atoms with Crippen LogP contribution in [0.1, 0.15) is 43.5 Å². The Balaban J connectivity index is 2.04. The molecule has 1 atom stereocenters. The fraction of sp³-hybridized carbons (Fsp3) is 0.500. The van der Waals surface area contributed by atoms with E-state index in [0.717, 1.165) is 19.3 Å². The number of amides is 1. The highest BCUT2D eigenvalue weighted by Gasteiger charge is 2.17. The number of rotatable bonds is 5. The van der Waals surface area contributed by atoms with Gasteiger partial charge in [0.15, 0.2) is 11.5 Å². The summed E-state index contributed by atoms with van der Waals surface area (Å²) in [6, 6.07) is 5.52. The lowest BCUT2D eigenvalue weighted by Crippen LogP contribution is -2.34. The zero-order valence-corrected chi connectivity index (χ0v) is 10.9. The van der Waals surface area contributed by atoms with Gasteiger partial charge in [0, 0.05) is 11.6 Å². The molecular formula is C14H19NO3. The van der Waals surface area contributed by atoms with Crippen molar-refractivity contribution in [1.82, 2.24) is 5.32 Å². The van der Waals surface area contributed by atoms with Crippen molar-refractivity contribution in [3.63, 3.8) is 0 Å². The molecule has 4 nitrogen and oxygen atoms in total. The first-order valence-corrected chi connectivity index (χ1v) is 6.45. The standard InChI is InChI=1S/C14H19NO3/c1-3-5-11(4-2)15-14(16)10-6-7-12-13(8-10)18-9-17-12/h6-8,11H,3-5,9H2,1-2H3,(H,15,16). The lowest BCUT2D eigenvalue weighted by Gasteiger charge is -2.16. The quantitative estimate of drug-likeness (QED) is 0.872. The number of hydrogen-bond donors (Lipinski definition) is 1. The van der Waals surface area contributed by atoms with E-state index in [2.05, 4.69) is 19.2 Å². The second kappa shape index (κ2) is 5.76. The molecule has 0 spiro atoms. The van der Waals surface area contributed by atoms with Gasteiger partial charge in [-0.1, -0.05) is 20.3 Å². The van der Waals surface area contributed by atoms with Crippen LogP contribution in [0, 0.1) is 0 Å². The van der Waals surface area contributed by atoms with E-state index in [9.17, 15) is 4.79 Å². The Morgan fingerprint density at radius 3 is 2.83 bits per heavy atom. The summed E-state index contributed by atoms with van der Waals surface area (Å²) in [5.74, 6) is 1.30. The zero-order chi connectivity index (χ0) is 13.0. The van der Waals surface area contributed by atoms with E-state index in [1.807, 2.05) is 0 Å². The van der Waals surface area contributed by atoms with E-state index in [0.29, 0.717) is 17.1 Å². The Morgan fingerprint density at radius 2 is 2.11 bits per heavy atom. The van der Waals surface area contributed by atoms with E-state index in [-0.39, 0.29) is 18.7 Å². The van der Waals surface area contributed by atoms with Crippen LogP contribution in [0.4, 0.5) is 0 Å². The molecule has 0 radical (unpaired) electrons. The molecular weight excluding hydrogens is 230 g/mol. The molecule has 2 rings (SSSR count). The van der Waals surface area contributed by atoms with Crippen molar-refractivity contribution >= 4 is 5.91 Å². The Morgan fingerprint density at radius 1 is 1.33 bits per heavy atom. The van der Waals surface area contributed by atoms with Crippen LogP contribution in [0.15, 0.2) is 18.2 Å². The zero-order valence-electron chi connectivity index (χ0n) is 10.9. The van der Waals surface area contributed by atoms with Crippen molar-refractivity contribution < 1.29 is 14.3 Å². The number of fused-ring (bicyclic) bond motifs is 1. The van der Waals surface area contributed by atoms with Crippen LogP contribution >= 0.6 is 0 Å². The minimum absolute atomic E-state index is 0.0476. The van der Waals surface area contributed by atoms with E-state index in [4.69, 9.17) is 9.47 Å². The summed E-state index contributed by atoms with van der Waals surface area (Å²) in [7, 11) is 0. The summed E-state index contributed by atoms with van der Waals surface area (Å²) in [5.41, 5.74) is 0.619. The summed E-state index contributed by atoms with van der Waals surface area (Å²) >= 11 is 0. The molecule has 0 saturated carbocycles. The van der Waals surface area contributed by atoms with Gasteiger partial charge in [-0.25, -0.2) is 0 Å². The summed E-state index contributed by atoms with van der Waals surface area (Å²) in [5, 5.41) is 3.04. The van der Waals surface area contributed by atoms with E-state index in [1.165, 1.54) is 0 Å². The fourth-order valence-electron chi connectivity index (χ4n) is 2.03. The van der Waals surface area contributed by atoms with Crippen LogP contribution in [0.5, 0.6) is 11.5 Å². The van der Waals surface area contributed by atoms with E-state index in [1.54, 1.807) is 18.2 Å². The van der Waals surface area contributed by atoms with E-state index < -0.39 is 0 Å². The van der Waals surface area contributed by atoms with Crippen molar-refractivity contribution in [2.24, 2.45) is 0 Å². The van der Waals surface area contributed by atoms with Crippen LogP contribution in [0.3, 0.4) is 0 Å². The smallest absolute Gasteiger partial charge is 0.251 e. The van der Waals surface area contributed by atoms with Crippen LogP contribution in [0.2, 0.25) is 0 Å². The average Bonchev–Trinajstić information content (AvgIpc) is 2.85. The van der Waals surface area contributed by atoms with Gasteiger partial charge in [-0.05, 0) is 31.0 Å². The second-order valence-corrected chi connectivity index (χ2v) is 4.44. The third kappa shape index (κ3) is 2.75. The fourth-order valence-corrected chi connectivity index (χ4v) is 2.03. The molecule has 0 fully saturated rings. The topological polar surface area (TPSA) is 47.6 Å². The maximum Gasteiger partial charge on any atom is 0.251 e. The van der Waals surface area contributed by atoms with Gasteiger partial charge >= 0.3 is 0 Å². The highest BCUT2D eigenvalue weighted by atomic mass is 16.7. The Bertz CT molecular complexity index is 431. The van der Waals surface area contributed by atoms with Crippen LogP contribution in [-0.2, 0) is 0 Å². The summed E-state index contributed by atoms with van der Waals surface area (Å²) in [6.07, 6.45) is 3.02. The molecule has 18 heavy (non-hydrogen) atoms. The van der Waals surface area contributed by atoms with Gasteiger partial charge in [-0.2, -0.15) is 0 Å². The SMILES string of the molecule is CCCC(CC)NC(=O)c1ccc2c(c1)OCO2. The molecule has 0 bridgehead atoms. The molecule has 1 aromatic rings. The van der Waals surface area contributed by atoms with Gasteiger partial charge in [0.25, 0.3) is 5.91 Å². The molecule has 98 valence electrons. The summed E-state index contributed by atoms with van der Waals surface area (Å²) in [6.45, 7) is 4.43. The minimum Gasteiger partial charge on any atom is -0.454 e. The second-order valence-electron chi connectivity index (χ2n) is 4.44. The average molecular weight is 249 g/mol. The number of ether oxygens (including phenoxy) is 2. The van der Waals surface area contributed by atoms with Crippen LogP contribution in [0.25, 0.3) is 0 Å². The van der Waals surface area contributed by atoms with Gasteiger partial charge in [-0.3, -0.25) is 4.79 Å². The first kappa shape index (κ1) is 12.7. The van der Waals surface area contributed by atoms with Crippen LogP contribution < -0.4 is 14.8 Å². The van der Waals surface area contributed by atoms with Crippen molar-refractivity contribution in [3.05, 3.63) is 23.8 Å². The molecule has 1 heterocycles. The predicted molar refractivity (Wildman–Crippen MR) is 69.0 cm³/mol. The molecule has 1 aromatic carbocycles. The molecule has 0 saturated heterocycles. The third-order valence-corrected chi connectivity index (χ3v) is 3.10. The Kier molecular flexibility index (Phi) is 4.07. The number of benzene rings is 1. The first-order valence-electron chi connectivity index (χ1n) is 6.45. The first-order chi connectivity index (χ1) is 8.74. The molecule has 1 amide bonds. The van der Waals surface area contributed by atoms with E-state index >= 15 is 0 Å². The molecule has 1 N–H and O–H groups in total. The van der Waals surface area contributed by atoms with Crippen molar-refractivity contribution in [2.45, 2.75) is 39.2 Å². The highest BCUT2D eigenvalue weighted by Crippen LogP contribution is 2.32. The van der Waals surface area contributed by atoms with Gasteiger partial charge in [0.1, 0.15) is 0 Å². The van der Waals surface area contributed by atoms with Gasteiger partial charge in [0.2, 0.25) is 6.79 Å². The molecule has 1 unspecified atom stereocenters. The summed E-state index contributed by atoms with van der Waals surface area (Å²) < 4.78 is 10.5. The number of nitrogens with one attached hydrogen (secondary N) is 1. The summed E-state index contributed by atoms with van der Waals surface area (Å²) in [4.78, 5) is 12.1. The third-order valence-electron chi connectivity index (χ3n) is 3.10. The Hall–Kier alpha value is -1.71. The minimum atomic E-state index is -0.0476. The number of hydrogen-bond acceptors (Lipinski definition) is 3. The molecule has 0 aliphatic carbocycles. The lowest BCUT2D eigenvalue weighted by molar-refractivity contribution is 0.0933. The van der Waals surface area contributed by atoms with Gasteiger partial charge in [0.05, 0.1) is 0 Å². The van der Waals surface area contributed by atoms with Crippen molar-refractivity contribution in [3.8, 4) is 11.5 Å². The normalized spacial score (nSPS) is 14.3. The lowest BCUT2D eigenvalue weighted by atomic mass is 10.1. The largest absolute Gasteiger partial charge is 0.454 e. The van der Waals surface area contributed by atoms with Gasteiger partial charge in [-0.15, -0.1) is 0 Å². The highest BCUT2D eigenvalue weighted by molar-refractivity contribution is 5.95. The van der Waals surface area contributed by atoms with Crippen molar-refractivity contribution in [2.75, 3.05) is 6.79 Å². The Labute approximate surface area is 107 Å². The van der Waals surface area contributed by atoms with Crippen LogP contribution in [-0.4, -0.2) is 18.7 Å². The molecule has 1 aliphatic rings. The molecule has 1 aliphatic heterocycles. The number of carbonyl (C=O) groups is 1. The monoisotopic (exact) mass is 249 g/mol. The molecule has 0 aromatic heterocycles. The van der Waals surface area contributed by atoms with Crippen molar-refractivity contribution in [1.29, 1.82) is 0 Å². The van der Waals surface area contributed by atoms with Gasteiger partial charge < -0.3 is 14.8 Å². The maximum atomic E-state index is 12.1.